The quantitative estimate of drug-likeness (QED) is 0.877. The Kier molecular flexibility index (Phi) is 3.66. The summed E-state index contributed by atoms with van der Waals surface area (Å²) in [6.45, 7) is 0.479. The van der Waals surface area contributed by atoms with Crippen LogP contribution in [0.3, 0.4) is 0 Å². The lowest BCUT2D eigenvalue weighted by Gasteiger charge is -2.09. The van der Waals surface area contributed by atoms with Crippen molar-refractivity contribution < 1.29 is 9.84 Å². The molecule has 2 aromatic rings. The molecule has 0 saturated carbocycles. The summed E-state index contributed by atoms with van der Waals surface area (Å²) in [5, 5.41) is 13.2. The molecular weight excluding hydrogens is 240 g/mol. The largest absolute Gasteiger partial charge is 0.494 e. The van der Waals surface area contributed by atoms with Crippen molar-refractivity contribution in [2.75, 3.05) is 25.6 Å². The molecule has 0 fully saturated rings. The van der Waals surface area contributed by atoms with Crippen molar-refractivity contribution in [2.24, 2.45) is 0 Å². The fraction of sp³-hybridized carbons (Fsp3) is 0.250. The van der Waals surface area contributed by atoms with Crippen LogP contribution in [-0.2, 0) is 0 Å². The number of aliphatic hydroxyl groups excluding tert-OH is 1. The van der Waals surface area contributed by atoms with E-state index in [1.807, 2.05) is 18.2 Å². The van der Waals surface area contributed by atoms with Gasteiger partial charge in [-0.2, -0.15) is 0 Å². The molecule has 4 nitrogen and oxygen atoms in total. The zero-order valence-electron chi connectivity index (χ0n) is 9.40. The van der Waals surface area contributed by atoms with E-state index in [9.17, 15) is 0 Å². The van der Waals surface area contributed by atoms with Gasteiger partial charge in [0.05, 0.1) is 18.7 Å². The third kappa shape index (κ3) is 2.43. The van der Waals surface area contributed by atoms with E-state index < -0.39 is 0 Å². The molecular formula is C12H13ClN2O2. The second-order valence-electron chi connectivity index (χ2n) is 3.50. The highest BCUT2D eigenvalue weighted by Crippen LogP contribution is 2.30. The number of hydrogen-bond acceptors (Lipinski definition) is 4. The molecule has 2 N–H and O–H groups in total. The molecule has 0 atom stereocenters. The van der Waals surface area contributed by atoms with Gasteiger partial charge in [0, 0.05) is 11.9 Å². The Morgan fingerprint density at radius 3 is 3.00 bits per heavy atom. The maximum atomic E-state index is 8.76. The van der Waals surface area contributed by atoms with Crippen molar-refractivity contribution in [3.05, 3.63) is 29.3 Å². The minimum absolute atomic E-state index is 0.0449. The first-order valence-electron chi connectivity index (χ1n) is 5.24. The zero-order chi connectivity index (χ0) is 12.3. The van der Waals surface area contributed by atoms with Crippen LogP contribution in [0.25, 0.3) is 10.9 Å². The number of benzene rings is 1. The van der Waals surface area contributed by atoms with Gasteiger partial charge in [-0.25, -0.2) is 4.98 Å². The number of halogens is 1. The summed E-state index contributed by atoms with van der Waals surface area (Å²) in [4.78, 5) is 4.41. The number of ether oxygens (including phenoxy) is 1. The van der Waals surface area contributed by atoms with Gasteiger partial charge >= 0.3 is 0 Å². The monoisotopic (exact) mass is 252 g/mol. The number of fused-ring (bicyclic) bond motifs is 1. The number of aliphatic hydroxyl groups is 1. The Morgan fingerprint density at radius 1 is 1.47 bits per heavy atom. The molecule has 0 bridgehead atoms. The van der Waals surface area contributed by atoms with E-state index in [4.69, 9.17) is 21.4 Å². The predicted molar refractivity (Wildman–Crippen MR) is 68.9 cm³/mol. The highest BCUT2D eigenvalue weighted by molar-refractivity contribution is 6.35. The van der Waals surface area contributed by atoms with Crippen LogP contribution in [0.5, 0.6) is 5.75 Å². The van der Waals surface area contributed by atoms with E-state index in [1.54, 1.807) is 13.2 Å². The summed E-state index contributed by atoms with van der Waals surface area (Å²) >= 11 is 6.17. The lowest BCUT2D eigenvalue weighted by molar-refractivity contribution is 0.311. The number of anilines is 1. The SMILES string of the molecule is COc1cccc2c(Cl)cc(NCCO)nc12. The summed E-state index contributed by atoms with van der Waals surface area (Å²) < 4.78 is 5.24. The number of aromatic nitrogens is 1. The molecule has 0 spiro atoms. The Bertz CT molecular complexity index is 531. The lowest BCUT2D eigenvalue weighted by atomic mass is 10.2. The van der Waals surface area contributed by atoms with Crippen LogP contribution in [0, 0.1) is 0 Å². The van der Waals surface area contributed by atoms with Crippen molar-refractivity contribution in [2.45, 2.75) is 0 Å². The lowest BCUT2D eigenvalue weighted by Crippen LogP contribution is -2.07. The van der Waals surface area contributed by atoms with Crippen LogP contribution in [0.1, 0.15) is 0 Å². The van der Waals surface area contributed by atoms with Gasteiger partial charge in [0.1, 0.15) is 17.1 Å². The Morgan fingerprint density at radius 2 is 2.29 bits per heavy atom. The van der Waals surface area contributed by atoms with E-state index in [0.29, 0.717) is 28.7 Å². The first-order chi connectivity index (χ1) is 8.26. The standard InChI is InChI=1S/C12H13ClN2O2/c1-17-10-4-2-3-8-9(13)7-11(14-5-6-16)15-12(8)10/h2-4,7,16H,5-6H2,1H3,(H,14,15). The normalized spacial score (nSPS) is 10.5. The second-order valence-corrected chi connectivity index (χ2v) is 3.90. The number of pyridine rings is 1. The summed E-state index contributed by atoms with van der Waals surface area (Å²) in [6, 6.07) is 7.33. The number of hydrogen-bond donors (Lipinski definition) is 2. The van der Waals surface area contributed by atoms with E-state index in [2.05, 4.69) is 10.3 Å². The van der Waals surface area contributed by atoms with E-state index in [0.717, 1.165) is 5.39 Å². The molecule has 2 rings (SSSR count). The van der Waals surface area contributed by atoms with Crippen molar-refractivity contribution in [3.8, 4) is 5.75 Å². The van der Waals surface area contributed by atoms with Crippen molar-refractivity contribution in [1.29, 1.82) is 0 Å². The van der Waals surface area contributed by atoms with Crippen molar-refractivity contribution in [3.63, 3.8) is 0 Å². The molecule has 0 radical (unpaired) electrons. The molecule has 0 aliphatic rings. The van der Waals surface area contributed by atoms with Crippen LogP contribution in [0.15, 0.2) is 24.3 Å². The smallest absolute Gasteiger partial charge is 0.145 e. The Labute approximate surface area is 104 Å². The molecule has 90 valence electrons. The van der Waals surface area contributed by atoms with Crippen LogP contribution >= 0.6 is 11.6 Å². The van der Waals surface area contributed by atoms with Crippen LogP contribution in [0.2, 0.25) is 5.02 Å². The second kappa shape index (κ2) is 5.21. The average molecular weight is 253 g/mol. The number of rotatable bonds is 4. The van der Waals surface area contributed by atoms with Gasteiger partial charge in [-0.05, 0) is 12.1 Å². The summed E-state index contributed by atoms with van der Waals surface area (Å²) in [5.74, 6) is 1.30. The molecule has 0 aliphatic heterocycles. The minimum atomic E-state index is 0.0449. The zero-order valence-corrected chi connectivity index (χ0v) is 10.2. The highest BCUT2D eigenvalue weighted by Gasteiger charge is 2.08. The number of methoxy groups -OCH3 is 1. The molecule has 1 aromatic heterocycles. The van der Waals surface area contributed by atoms with Crippen LogP contribution in [-0.4, -0.2) is 30.4 Å². The minimum Gasteiger partial charge on any atom is -0.494 e. The summed E-state index contributed by atoms with van der Waals surface area (Å²) in [6.07, 6.45) is 0. The summed E-state index contributed by atoms with van der Waals surface area (Å²) in [5.41, 5.74) is 0.711. The summed E-state index contributed by atoms with van der Waals surface area (Å²) in [7, 11) is 1.60. The Hall–Kier alpha value is -1.52. The molecule has 1 heterocycles. The predicted octanol–water partition coefficient (Wildman–Crippen LogP) is 2.30. The first kappa shape index (κ1) is 12.0. The average Bonchev–Trinajstić information content (AvgIpc) is 2.35. The van der Waals surface area contributed by atoms with Gasteiger partial charge in [0.2, 0.25) is 0 Å². The topological polar surface area (TPSA) is 54.4 Å². The van der Waals surface area contributed by atoms with Crippen molar-refractivity contribution in [1.82, 2.24) is 4.98 Å². The number of nitrogens with one attached hydrogen (secondary N) is 1. The van der Waals surface area contributed by atoms with E-state index in [-0.39, 0.29) is 6.61 Å². The van der Waals surface area contributed by atoms with Gasteiger partial charge in [-0.15, -0.1) is 0 Å². The first-order valence-corrected chi connectivity index (χ1v) is 5.62. The third-order valence-electron chi connectivity index (χ3n) is 2.39. The van der Waals surface area contributed by atoms with Gasteiger partial charge in [-0.1, -0.05) is 23.7 Å². The van der Waals surface area contributed by atoms with Gasteiger partial charge in [0.15, 0.2) is 0 Å². The molecule has 0 aliphatic carbocycles. The van der Waals surface area contributed by atoms with Crippen LogP contribution in [0.4, 0.5) is 5.82 Å². The highest BCUT2D eigenvalue weighted by atomic mass is 35.5. The molecule has 17 heavy (non-hydrogen) atoms. The van der Waals surface area contributed by atoms with E-state index in [1.165, 1.54) is 0 Å². The van der Waals surface area contributed by atoms with E-state index >= 15 is 0 Å². The molecule has 1 aromatic carbocycles. The number of para-hydroxylation sites is 1. The fourth-order valence-electron chi connectivity index (χ4n) is 1.62. The Balaban J connectivity index is 2.53. The maximum absolute atomic E-state index is 8.76. The van der Waals surface area contributed by atoms with Crippen molar-refractivity contribution >= 4 is 28.3 Å². The molecule has 5 heteroatoms. The fourth-order valence-corrected chi connectivity index (χ4v) is 1.88. The van der Waals surface area contributed by atoms with Gasteiger partial charge in [0.25, 0.3) is 0 Å². The van der Waals surface area contributed by atoms with Gasteiger partial charge in [-0.3, -0.25) is 0 Å². The number of nitrogens with zero attached hydrogens (tertiary/aromatic N) is 1. The van der Waals surface area contributed by atoms with Crippen LogP contribution < -0.4 is 10.1 Å². The molecule has 0 unspecified atom stereocenters. The maximum Gasteiger partial charge on any atom is 0.145 e. The van der Waals surface area contributed by atoms with Gasteiger partial charge < -0.3 is 15.2 Å². The molecule has 0 amide bonds. The third-order valence-corrected chi connectivity index (χ3v) is 2.70. The molecule has 0 saturated heterocycles.